The molecular weight excluding hydrogens is 235 g/mol. The molecule has 2 rings (SSSR count). The molecule has 1 saturated heterocycles. The van der Waals surface area contributed by atoms with Crippen LogP contribution in [0.1, 0.15) is 19.3 Å². The molecule has 1 unspecified atom stereocenters. The highest BCUT2D eigenvalue weighted by molar-refractivity contribution is 6.06. The van der Waals surface area contributed by atoms with Gasteiger partial charge in [0.2, 0.25) is 11.8 Å². The Morgan fingerprint density at radius 3 is 2.72 bits per heavy atom. The van der Waals surface area contributed by atoms with E-state index in [1.807, 2.05) is 0 Å². The van der Waals surface area contributed by atoms with Crippen molar-refractivity contribution in [3.8, 4) is 0 Å². The van der Waals surface area contributed by atoms with Gasteiger partial charge in [-0.3, -0.25) is 9.59 Å². The highest BCUT2D eigenvalue weighted by Gasteiger charge is 2.27. The van der Waals surface area contributed by atoms with Crippen molar-refractivity contribution in [3.63, 3.8) is 0 Å². The molecule has 1 aliphatic heterocycles. The van der Waals surface area contributed by atoms with E-state index in [4.69, 9.17) is 0 Å². The Morgan fingerprint density at radius 1 is 1.28 bits per heavy atom. The number of amides is 2. The highest BCUT2D eigenvalue weighted by atomic mass is 19.1. The van der Waals surface area contributed by atoms with Crippen LogP contribution in [0.2, 0.25) is 0 Å². The molecule has 0 saturated carbocycles. The van der Waals surface area contributed by atoms with Gasteiger partial charge in [0.05, 0.1) is 0 Å². The minimum atomic E-state index is -0.655. The molecule has 2 amide bonds. The van der Waals surface area contributed by atoms with Crippen molar-refractivity contribution in [2.24, 2.45) is 5.92 Å². The lowest BCUT2D eigenvalue weighted by atomic mass is 10.0. The van der Waals surface area contributed by atoms with Gasteiger partial charge in [0.1, 0.15) is 11.7 Å². The molecule has 5 heteroatoms. The van der Waals surface area contributed by atoms with Gasteiger partial charge >= 0.3 is 0 Å². The number of halogens is 1. The van der Waals surface area contributed by atoms with Gasteiger partial charge in [-0.15, -0.1) is 0 Å². The standard InChI is InChI=1S/C13H15FN2O2/c14-9-4-6-10(7-5-9)16-13(18)11-3-1-2-8-15-12(11)17/h4-7,11H,1-3,8H2,(H,15,17)(H,16,18). The summed E-state index contributed by atoms with van der Waals surface area (Å²) in [6.07, 6.45) is 2.30. The van der Waals surface area contributed by atoms with E-state index in [2.05, 4.69) is 10.6 Å². The van der Waals surface area contributed by atoms with E-state index in [1.165, 1.54) is 24.3 Å². The molecule has 2 N–H and O–H groups in total. The van der Waals surface area contributed by atoms with Crippen molar-refractivity contribution >= 4 is 17.5 Å². The third kappa shape index (κ3) is 3.06. The summed E-state index contributed by atoms with van der Waals surface area (Å²) in [5.74, 6) is -1.58. The maximum atomic E-state index is 12.7. The first-order valence-corrected chi connectivity index (χ1v) is 6.01. The lowest BCUT2D eigenvalue weighted by Crippen LogP contribution is -2.36. The van der Waals surface area contributed by atoms with E-state index in [-0.39, 0.29) is 17.6 Å². The number of carbonyl (C=O) groups is 2. The van der Waals surface area contributed by atoms with E-state index in [1.54, 1.807) is 0 Å². The lowest BCUT2D eigenvalue weighted by Gasteiger charge is -2.13. The van der Waals surface area contributed by atoms with Crippen LogP contribution in [0.5, 0.6) is 0 Å². The summed E-state index contributed by atoms with van der Waals surface area (Å²) in [4.78, 5) is 23.6. The molecule has 0 aliphatic carbocycles. The molecule has 18 heavy (non-hydrogen) atoms. The Balaban J connectivity index is 2.02. The molecular formula is C13H15FN2O2. The van der Waals surface area contributed by atoms with Crippen molar-refractivity contribution in [2.45, 2.75) is 19.3 Å². The number of rotatable bonds is 2. The summed E-state index contributed by atoms with van der Waals surface area (Å²) in [6.45, 7) is 0.624. The molecule has 4 nitrogen and oxygen atoms in total. The minimum absolute atomic E-state index is 0.230. The number of carbonyl (C=O) groups excluding carboxylic acids is 2. The topological polar surface area (TPSA) is 58.2 Å². The number of nitrogens with one attached hydrogen (secondary N) is 2. The fourth-order valence-electron chi connectivity index (χ4n) is 1.95. The molecule has 1 aromatic rings. The van der Waals surface area contributed by atoms with Crippen LogP contribution < -0.4 is 10.6 Å². The number of hydrogen-bond donors (Lipinski definition) is 2. The van der Waals surface area contributed by atoms with Gasteiger partial charge in [0.25, 0.3) is 0 Å². The summed E-state index contributed by atoms with van der Waals surface area (Å²) in [6, 6.07) is 5.48. The van der Waals surface area contributed by atoms with Crippen LogP contribution in [-0.4, -0.2) is 18.4 Å². The Bertz CT molecular complexity index is 445. The molecule has 1 fully saturated rings. The zero-order valence-electron chi connectivity index (χ0n) is 9.91. The van der Waals surface area contributed by atoms with Gasteiger partial charge in [-0.05, 0) is 37.1 Å². The number of anilines is 1. The molecule has 1 atom stereocenters. The van der Waals surface area contributed by atoms with Crippen LogP contribution >= 0.6 is 0 Å². The molecule has 0 spiro atoms. The zero-order chi connectivity index (χ0) is 13.0. The minimum Gasteiger partial charge on any atom is -0.355 e. The van der Waals surface area contributed by atoms with Gasteiger partial charge in [-0.25, -0.2) is 4.39 Å². The second-order valence-corrected chi connectivity index (χ2v) is 4.34. The predicted molar refractivity (Wildman–Crippen MR) is 65.4 cm³/mol. The van der Waals surface area contributed by atoms with Crippen molar-refractivity contribution in [1.82, 2.24) is 5.32 Å². The van der Waals surface area contributed by atoms with Crippen molar-refractivity contribution in [2.75, 3.05) is 11.9 Å². The quantitative estimate of drug-likeness (QED) is 0.785. The van der Waals surface area contributed by atoms with E-state index < -0.39 is 5.92 Å². The molecule has 96 valence electrons. The second kappa shape index (κ2) is 5.62. The normalized spacial score (nSPS) is 19.8. The Kier molecular flexibility index (Phi) is 3.92. The van der Waals surface area contributed by atoms with Gasteiger partial charge in [0, 0.05) is 12.2 Å². The first-order valence-electron chi connectivity index (χ1n) is 6.01. The average molecular weight is 250 g/mol. The molecule has 1 aliphatic rings. The summed E-state index contributed by atoms with van der Waals surface area (Å²) in [5.41, 5.74) is 0.499. The van der Waals surface area contributed by atoms with E-state index in [9.17, 15) is 14.0 Å². The molecule has 0 aromatic heterocycles. The third-order valence-electron chi connectivity index (χ3n) is 2.96. The monoisotopic (exact) mass is 250 g/mol. The van der Waals surface area contributed by atoms with Crippen LogP contribution in [0.3, 0.4) is 0 Å². The summed E-state index contributed by atoms with van der Waals surface area (Å²) in [7, 11) is 0. The largest absolute Gasteiger partial charge is 0.355 e. The molecule has 1 heterocycles. The van der Waals surface area contributed by atoms with Crippen LogP contribution in [0.4, 0.5) is 10.1 Å². The van der Waals surface area contributed by atoms with Crippen LogP contribution in [0.25, 0.3) is 0 Å². The van der Waals surface area contributed by atoms with E-state index in [0.29, 0.717) is 18.7 Å². The van der Waals surface area contributed by atoms with Crippen LogP contribution in [0.15, 0.2) is 24.3 Å². The van der Waals surface area contributed by atoms with Gasteiger partial charge < -0.3 is 10.6 Å². The van der Waals surface area contributed by atoms with Crippen molar-refractivity contribution in [1.29, 1.82) is 0 Å². The Labute approximate surface area is 105 Å². The summed E-state index contributed by atoms with van der Waals surface area (Å²) < 4.78 is 12.7. The van der Waals surface area contributed by atoms with Gasteiger partial charge in [-0.2, -0.15) is 0 Å². The summed E-state index contributed by atoms with van der Waals surface area (Å²) in [5, 5.41) is 5.34. The maximum Gasteiger partial charge on any atom is 0.236 e. The van der Waals surface area contributed by atoms with E-state index >= 15 is 0 Å². The Morgan fingerprint density at radius 2 is 2.00 bits per heavy atom. The number of benzene rings is 1. The fraction of sp³-hybridized carbons (Fsp3) is 0.385. The van der Waals surface area contributed by atoms with Gasteiger partial charge in [-0.1, -0.05) is 6.42 Å². The molecule has 0 radical (unpaired) electrons. The zero-order valence-corrected chi connectivity index (χ0v) is 9.91. The SMILES string of the molecule is O=C1NCCCCC1C(=O)Nc1ccc(F)cc1. The van der Waals surface area contributed by atoms with Crippen LogP contribution in [0, 0.1) is 11.7 Å². The van der Waals surface area contributed by atoms with Gasteiger partial charge in [0.15, 0.2) is 0 Å². The van der Waals surface area contributed by atoms with Crippen molar-refractivity contribution < 1.29 is 14.0 Å². The third-order valence-corrected chi connectivity index (χ3v) is 2.96. The number of hydrogen-bond acceptors (Lipinski definition) is 2. The maximum absolute atomic E-state index is 12.7. The first-order chi connectivity index (χ1) is 8.66. The highest BCUT2D eigenvalue weighted by Crippen LogP contribution is 2.16. The fourth-order valence-corrected chi connectivity index (χ4v) is 1.95. The first kappa shape index (κ1) is 12.5. The van der Waals surface area contributed by atoms with Crippen LogP contribution in [-0.2, 0) is 9.59 Å². The molecule has 0 bridgehead atoms. The Hall–Kier alpha value is -1.91. The van der Waals surface area contributed by atoms with E-state index in [0.717, 1.165) is 12.8 Å². The second-order valence-electron chi connectivity index (χ2n) is 4.34. The molecule has 1 aromatic carbocycles. The summed E-state index contributed by atoms with van der Waals surface area (Å²) >= 11 is 0. The predicted octanol–water partition coefficient (Wildman–Crippen LogP) is 1.68. The average Bonchev–Trinajstić information content (AvgIpc) is 2.57. The van der Waals surface area contributed by atoms with Crippen molar-refractivity contribution in [3.05, 3.63) is 30.1 Å². The smallest absolute Gasteiger partial charge is 0.236 e. The lowest BCUT2D eigenvalue weighted by molar-refractivity contribution is -0.132.